The SMILES string of the molecule is CC(C)CCC(=O)NC1(CN)CC1. The van der Waals surface area contributed by atoms with Gasteiger partial charge in [0.15, 0.2) is 0 Å². The van der Waals surface area contributed by atoms with Crippen molar-refractivity contribution < 1.29 is 4.79 Å². The molecule has 1 fully saturated rings. The zero-order valence-electron chi connectivity index (χ0n) is 8.60. The number of carbonyl (C=O) groups is 1. The van der Waals surface area contributed by atoms with Crippen molar-refractivity contribution in [3.05, 3.63) is 0 Å². The molecule has 3 nitrogen and oxygen atoms in total. The first kappa shape index (κ1) is 10.5. The van der Waals surface area contributed by atoms with Crippen LogP contribution in [0.15, 0.2) is 0 Å². The molecule has 76 valence electrons. The molecule has 13 heavy (non-hydrogen) atoms. The van der Waals surface area contributed by atoms with Crippen LogP contribution in [0.5, 0.6) is 0 Å². The predicted molar refractivity (Wildman–Crippen MR) is 53.2 cm³/mol. The van der Waals surface area contributed by atoms with Gasteiger partial charge in [0, 0.05) is 13.0 Å². The molecule has 1 aliphatic rings. The summed E-state index contributed by atoms with van der Waals surface area (Å²) < 4.78 is 0. The van der Waals surface area contributed by atoms with Gasteiger partial charge >= 0.3 is 0 Å². The average molecular weight is 184 g/mol. The van der Waals surface area contributed by atoms with E-state index in [0.29, 0.717) is 18.9 Å². The van der Waals surface area contributed by atoms with Crippen LogP contribution in [0.3, 0.4) is 0 Å². The minimum absolute atomic E-state index is 0.0198. The molecule has 0 aromatic heterocycles. The van der Waals surface area contributed by atoms with Crippen molar-refractivity contribution in [3.8, 4) is 0 Å². The Balaban J connectivity index is 2.18. The van der Waals surface area contributed by atoms with Crippen LogP contribution >= 0.6 is 0 Å². The van der Waals surface area contributed by atoms with E-state index in [9.17, 15) is 4.79 Å². The highest BCUT2D eigenvalue weighted by molar-refractivity contribution is 5.77. The lowest BCUT2D eigenvalue weighted by molar-refractivity contribution is -0.122. The van der Waals surface area contributed by atoms with Gasteiger partial charge in [-0.15, -0.1) is 0 Å². The highest BCUT2D eigenvalue weighted by Crippen LogP contribution is 2.33. The Hall–Kier alpha value is -0.570. The first-order chi connectivity index (χ1) is 6.08. The van der Waals surface area contributed by atoms with Crippen molar-refractivity contribution in [1.82, 2.24) is 5.32 Å². The summed E-state index contributed by atoms with van der Waals surface area (Å²) in [5.41, 5.74) is 5.54. The minimum atomic E-state index is -0.0198. The Morgan fingerprint density at radius 3 is 2.54 bits per heavy atom. The fraction of sp³-hybridized carbons (Fsp3) is 0.900. The van der Waals surface area contributed by atoms with Crippen LogP contribution in [0, 0.1) is 5.92 Å². The van der Waals surface area contributed by atoms with E-state index in [2.05, 4.69) is 19.2 Å². The van der Waals surface area contributed by atoms with Crippen LogP contribution in [0.2, 0.25) is 0 Å². The maximum Gasteiger partial charge on any atom is 0.220 e. The Labute approximate surface area is 80.1 Å². The van der Waals surface area contributed by atoms with Gasteiger partial charge in [0.2, 0.25) is 5.91 Å². The molecule has 0 saturated heterocycles. The lowest BCUT2D eigenvalue weighted by atomic mass is 10.1. The van der Waals surface area contributed by atoms with Gasteiger partial charge in [0.05, 0.1) is 5.54 Å². The van der Waals surface area contributed by atoms with Crippen LogP contribution in [0.25, 0.3) is 0 Å². The average Bonchev–Trinajstić information content (AvgIpc) is 2.82. The number of hydrogen-bond donors (Lipinski definition) is 2. The molecular weight excluding hydrogens is 164 g/mol. The number of rotatable bonds is 5. The van der Waals surface area contributed by atoms with Crippen LogP contribution in [-0.2, 0) is 4.79 Å². The van der Waals surface area contributed by atoms with Gasteiger partial charge in [-0.3, -0.25) is 4.79 Å². The number of hydrogen-bond acceptors (Lipinski definition) is 2. The van der Waals surface area contributed by atoms with E-state index in [1.165, 1.54) is 0 Å². The molecule has 1 saturated carbocycles. The summed E-state index contributed by atoms with van der Waals surface area (Å²) in [6.45, 7) is 4.84. The Morgan fingerprint density at radius 1 is 1.54 bits per heavy atom. The second kappa shape index (κ2) is 4.09. The third-order valence-electron chi connectivity index (χ3n) is 2.60. The van der Waals surface area contributed by atoms with Gasteiger partial charge in [0.25, 0.3) is 0 Å². The molecule has 0 bridgehead atoms. The normalized spacial score (nSPS) is 18.8. The van der Waals surface area contributed by atoms with Crippen molar-refractivity contribution in [2.24, 2.45) is 11.7 Å². The lowest BCUT2D eigenvalue weighted by Gasteiger charge is -2.15. The summed E-state index contributed by atoms with van der Waals surface area (Å²) >= 11 is 0. The Bertz CT molecular complexity index is 185. The monoisotopic (exact) mass is 184 g/mol. The summed E-state index contributed by atoms with van der Waals surface area (Å²) in [7, 11) is 0. The van der Waals surface area contributed by atoms with Crippen molar-refractivity contribution in [2.45, 2.75) is 45.1 Å². The predicted octanol–water partition coefficient (Wildman–Crippen LogP) is 1.03. The van der Waals surface area contributed by atoms with E-state index in [-0.39, 0.29) is 11.4 Å². The van der Waals surface area contributed by atoms with Gasteiger partial charge in [0.1, 0.15) is 0 Å². The second-order valence-electron chi connectivity index (χ2n) is 4.47. The number of nitrogens with two attached hydrogens (primary N) is 1. The first-order valence-corrected chi connectivity index (χ1v) is 5.09. The summed E-state index contributed by atoms with van der Waals surface area (Å²) in [5.74, 6) is 0.760. The van der Waals surface area contributed by atoms with Gasteiger partial charge in [-0.25, -0.2) is 0 Å². The highest BCUT2D eigenvalue weighted by Gasteiger charge is 2.42. The van der Waals surface area contributed by atoms with Crippen molar-refractivity contribution in [2.75, 3.05) is 6.54 Å². The van der Waals surface area contributed by atoms with E-state index >= 15 is 0 Å². The molecular formula is C10H20N2O. The van der Waals surface area contributed by atoms with Crippen LogP contribution in [0.4, 0.5) is 0 Å². The van der Waals surface area contributed by atoms with E-state index in [0.717, 1.165) is 19.3 Å². The third-order valence-corrected chi connectivity index (χ3v) is 2.60. The van der Waals surface area contributed by atoms with Crippen molar-refractivity contribution >= 4 is 5.91 Å². The summed E-state index contributed by atoms with van der Waals surface area (Å²) in [6, 6.07) is 0. The van der Waals surface area contributed by atoms with Crippen LogP contribution in [0.1, 0.15) is 39.5 Å². The van der Waals surface area contributed by atoms with Crippen LogP contribution < -0.4 is 11.1 Å². The van der Waals surface area contributed by atoms with Crippen molar-refractivity contribution in [3.63, 3.8) is 0 Å². The van der Waals surface area contributed by atoms with Crippen molar-refractivity contribution in [1.29, 1.82) is 0 Å². The fourth-order valence-corrected chi connectivity index (χ4v) is 1.31. The van der Waals surface area contributed by atoms with E-state index in [1.54, 1.807) is 0 Å². The third kappa shape index (κ3) is 3.35. The zero-order valence-corrected chi connectivity index (χ0v) is 8.60. The second-order valence-corrected chi connectivity index (χ2v) is 4.47. The van der Waals surface area contributed by atoms with Crippen LogP contribution in [-0.4, -0.2) is 18.0 Å². The smallest absolute Gasteiger partial charge is 0.220 e. The highest BCUT2D eigenvalue weighted by atomic mass is 16.1. The van der Waals surface area contributed by atoms with Gasteiger partial charge in [-0.1, -0.05) is 13.8 Å². The van der Waals surface area contributed by atoms with E-state index < -0.39 is 0 Å². The number of amides is 1. The molecule has 0 aromatic rings. The molecule has 0 radical (unpaired) electrons. The largest absolute Gasteiger partial charge is 0.349 e. The molecule has 1 aliphatic carbocycles. The van der Waals surface area contributed by atoms with Gasteiger partial charge in [-0.05, 0) is 25.2 Å². The summed E-state index contributed by atoms with van der Waals surface area (Å²) in [5, 5.41) is 3.01. The number of nitrogens with one attached hydrogen (secondary N) is 1. The molecule has 3 heteroatoms. The van der Waals surface area contributed by atoms with E-state index in [1.807, 2.05) is 0 Å². The summed E-state index contributed by atoms with van der Waals surface area (Å²) in [4.78, 5) is 11.4. The summed E-state index contributed by atoms with van der Waals surface area (Å²) in [6.07, 6.45) is 3.71. The number of carbonyl (C=O) groups excluding carboxylic acids is 1. The first-order valence-electron chi connectivity index (χ1n) is 5.09. The Kier molecular flexibility index (Phi) is 3.31. The fourth-order valence-electron chi connectivity index (χ4n) is 1.31. The molecule has 0 aromatic carbocycles. The molecule has 3 N–H and O–H groups in total. The van der Waals surface area contributed by atoms with Gasteiger partial charge in [-0.2, -0.15) is 0 Å². The molecule has 0 unspecified atom stereocenters. The standard InChI is InChI=1S/C10H20N2O/c1-8(2)3-4-9(13)12-10(7-11)5-6-10/h8H,3-7,11H2,1-2H3,(H,12,13). The molecule has 0 heterocycles. The quantitative estimate of drug-likeness (QED) is 0.670. The maximum atomic E-state index is 11.4. The zero-order chi connectivity index (χ0) is 9.90. The maximum absolute atomic E-state index is 11.4. The molecule has 1 amide bonds. The molecule has 0 atom stereocenters. The van der Waals surface area contributed by atoms with Gasteiger partial charge < -0.3 is 11.1 Å². The topological polar surface area (TPSA) is 55.1 Å². The minimum Gasteiger partial charge on any atom is -0.349 e. The lowest BCUT2D eigenvalue weighted by Crippen LogP contribution is -2.42. The Morgan fingerprint density at radius 2 is 2.15 bits per heavy atom. The molecule has 0 spiro atoms. The molecule has 1 rings (SSSR count). The molecule has 0 aliphatic heterocycles. The van der Waals surface area contributed by atoms with E-state index in [4.69, 9.17) is 5.73 Å².